The molecule has 1 aliphatic carbocycles. The molecule has 0 bridgehead atoms. The lowest BCUT2D eigenvalue weighted by Gasteiger charge is -2.32. The molecule has 0 amide bonds. The molecule has 9 heteroatoms. The van der Waals surface area contributed by atoms with E-state index >= 15 is 0 Å². The lowest BCUT2D eigenvalue weighted by molar-refractivity contribution is 0.222. The Kier molecular flexibility index (Phi) is 11.4. The summed E-state index contributed by atoms with van der Waals surface area (Å²) < 4.78 is 28.1. The monoisotopic (exact) mass is 575 g/mol. The highest BCUT2D eigenvalue weighted by molar-refractivity contribution is 14.0. The Balaban J connectivity index is 0.00000363. The molecule has 0 unspecified atom stereocenters. The second-order valence-electron chi connectivity index (χ2n) is 8.30. The van der Waals surface area contributed by atoms with Crippen LogP contribution in [0.5, 0.6) is 0 Å². The largest absolute Gasteiger partial charge is 0.357 e. The minimum absolute atomic E-state index is 0. The summed E-state index contributed by atoms with van der Waals surface area (Å²) in [6, 6.07) is 7.23. The minimum atomic E-state index is -3.52. The molecule has 2 aliphatic rings. The first-order chi connectivity index (χ1) is 15.0. The number of aliphatic imine (C=N–C) groups is 1. The second kappa shape index (κ2) is 13.5. The predicted molar refractivity (Wildman–Crippen MR) is 142 cm³/mol. The van der Waals surface area contributed by atoms with Crippen LogP contribution in [0.1, 0.15) is 44.6 Å². The number of hydrogen-bond acceptors (Lipinski definition) is 4. The summed E-state index contributed by atoms with van der Waals surface area (Å²) in [4.78, 5) is 7.20. The fourth-order valence-electron chi connectivity index (χ4n) is 4.03. The quantitative estimate of drug-likeness (QED) is 0.216. The van der Waals surface area contributed by atoms with Crippen LogP contribution >= 0.6 is 24.0 Å². The van der Waals surface area contributed by atoms with Crippen LogP contribution in [0, 0.1) is 0 Å². The Morgan fingerprint density at radius 2 is 1.84 bits per heavy atom. The van der Waals surface area contributed by atoms with Gasteiger partial charge >= 0.3 is 0 Å². The zero-order chi connectivity index (χ0) is 22.1. The lowest BCUT2D eigenvalue weighted by Crippen LogP contribution is -2.47. The topological polar surface area (TPSA) is 77.0 Å². The van der Waals surface area contributed by atoms with Crippen molar-refractivity contribution in [2.24, 2.45) is 4.99 Å². The van der Waals surface area contributed by atoms with Gasteiger partial charge in [-0.05, 0) is 57.7 Å². The first kappa shape index (κ1) is 27.1. The van der Waals surface area contributed by atoms with E-state index in [0.717, 1.165) is 44.1 Å². The predicted octanol–water partition coefficient (Wildman–Crippen LogP) is 3.19. The Morgan fingerprint density at radius 1 is 1.09 bits per heavy atom. The van der Waals surface area contributed by atoms with E-state index in [1.54, 1.807) is 16.4 Å². The summed E-state index contributed by atoms with van der Waals surface area (Å²) in [5.74, 6) is 0.728. The molecular formula is C23H38IN5O2S. The maximum atomic E-state index is 13.3. The maximum Gasteiger partial charge on any atom is 0.243 e. The molecule has 1 fully saturated rings. The molecule has 2 N–H and O–H groups in total. The molecule has 180 valence electrons. The van der Waals surface area contributed by atoms with Crippen molar-refractivity contribution in [3.63, 3.8) is 0 Å². The van der Waals surface area contributed by atoms with Crippen LogP contribution in [0.3, 0.4) is 0 Å². The molecule has 1 saturated heterocycles. The van der Waals surface area contributed by atoms with Crippen LogP contribution in [0.25, 0.3) is 0 Å². The van der Waals surface area contributed by atoms with Crippen LogP contribution in [0.15, 0.2) is 45.8 Å². The first-order valence-corrected chi connectivity index (χ1v) is 12.9. The van der Waals surface area contributed by atoms with E-state index in [9.17, 15) is 8.42 Å². The molecule has 7 nitrogen and oxygen atoms in total. The summed E-state index contributed by atoms with van der Waals surface area (Å²) in [5, 5.41) is 6.67. The van der Waals surface area contributed by atoms with Gasteiger partial charge in [0.2, 0.25) is 10.0 Å². The molecule has 0 saturated carbocycles. The number of piperazine rings is 1. The van der Waals surface area contributed by atoms with Crippen molar-refractivity contribution >= 4 is 40.0 Å². The van der Waals surface area contributed by atoms with Gasteiger partial charge in [-0.15, -0.1) is 24.0 Å². The minimum Gasteiger partial charge on any atom is -0.357 e. The van der Waals surface area contributed by atoms with Gasteiger partial charge in [0.25, 0.3) is 0 Å². The highest BCUT2D eigenvalue weighted by Gasteiger charge is 2.29. The van der Waals surface area contributed by atoms with Crippen LogP contribution < -0.4 is 10.6 Å². The smallest absolute Gasteiger partial charge is 0.243 e. The molecule has 0 spiro atoms. The number of allylic oxidation sites excluding steroid dienone is 1. The average Bonchev–Trinajstić information content (AvgIpc) is 2.78. The van der Waals surface area contributed by atoms with Crippen LogP contribution in [0.2, 0.25) is 0 Å². The van der Waals surface area contributed by atoms with E-state index in [0.29, 0.717) is 24.5 Å². The lowest BCUT2D eigenvalue weighted by atomic mass is 9.97. The number of rotatable bonds is 8. The van der Waals surface area contributed by atoms with E-state index in [4.69, 9.17) is 0 Å². The van der Waals surface area contributed by atoms with E-state index < -0.39 is 10.0 Å². The zero-order valence-electron chi connectivity index (χ0n) is 19.3. The molecule has 1 aliphatic heterocycles. The van der Waals surface area contributed by atoms with Gasteiger partial charge < -0.3 is 15.5 Å². The van der Waals surface area contributed by atoms with Crippen molar-refractivity contribution in [1.82, 2.24) is 19.8 Å². The third-order valence-corrected chi connectivity index (χ3v) is 7.93. The summed E-state index contributed by atoms with van der Waals surface area (Å²) in [7, 11) is -1.50. The summed E-state index contributed by atoms with van der Waals surface area (Å²) in [6.45, 7) is 6.50. The van der Waals surface area contributed by atoms with E-state index in [2.05, 4.69) is 26.6 Å². The van der Waals surface area contributed by atoms with Gasteiger partial charge in [-0.3, -0.25) is 0 Å². The standard InChI is InChI=1S/C23H37N5O2S.HI/c1-3-24-23(25-14-13-20-9-5-4-6-10-20)26-19-21-11-7-8-12-22(21)31(29,30)28-17-15-27(2)16-18-28;/h7-9,11-12H,3-6,10,13-19H2,1-2H3,(H2,24,25,26);1H. The molecule has 1 heterocycles. The summed E-state index contributed by atoms with van der Waals surface area (Å²) in [5.41, 5.74) is 2.26. The first-order valence-electron chi connectivity index (χ1n) is 11.5. The summed E-state index contributed by atoms with van der Waals surface area (Å²) >= 11 is 0. The number of likely N-dealkylation sites (N-methyl/N-ethyl adjacent to an activating group) is 1. The van der Waals surface area contributed by atoms with Crippen LogP contribution in [0.4, 0.5) is 0 Å². The van der Waals surface area contributed by atoms with Crippen molar-refractivity contribution in [2.75, 3.05) is 46.3 Å². The van der Waals surface area contributed by atoms with Gasteiger partial charge in [-0.2, -0.15) is 4.31 Å². The third kappa shape index (κ3) is 7.71. The number of guanidine groups is 1. The number of nitrogens with zero attached hydrogens (tertiary/aromatic N) is 3. The van der Waals surface area contributed by atoms with Crippen LogP contribution in [-0.2, 0) is 16.6 Å². The van der Waals surface area contributed by atoms with Crippen molar-refractivity contribution in [3.05, 3.63) is 41.5 Å². The third-order valence-electron chi connectivity index (χ3n) is 5.93. The highest BCUT2D eigenvalue weighted by Crippen LogP contribution is 2.22. The number of benzene rings is 1. The number of sulfonamides is 1. The van der Waals surface area contributed by atoms with E-state index in [1.807, 2.05) is 26.1 Å². The normalized spacial score (nSPS) is 18.6. The van der Waals surface area contributed by atoms with Crippen molar-refractivity contribution in [3.8, 4) is 0 Å². The maximum absolute atomic E-state index is 13.3. The zero-order valence-corrected chi connectivity index (χ0v) is 22.5. The highest BCUT2D eigenvalue weighted by atomic mass is 127. The molecule has 1 aromatic rings. The molecule has 0 aromatic heterocycles. The SMILES string of the molecule is CCNC(=NCc1ccccc1S(=O)(=O)N1CCN(C)CC1)NCCC1=CCCCC1.I. The van der Waals surface area contributed by atoms with Gasteiger partial charge in [-0.25, -0.2) is 13.4 Å². The molecular weight excluding hydrogens is 537 g/mol. The average molecular weight is 576 g/mol. The Bertz CT molecular complexity index is 880. The summed E-state index contributed by atoms with van der Waals surface area (Å²) in [6.07, 6.45) is 8.39. The van der Waals surface area contributed by atoms with Gasteiger partial charge in [0.05, 0.1) is 11.4 Å². The molecule has 32 heavy (non-hydrogen) atoms. The van der Waals surface area contributed by atoms with Gasteiger partial charge in [0, 0.05) is 39.3 Å². The van der Waals surface area contributed by atoms with E-state index in [1.165, 1.54) is 31.3 Å². The fourth-order valence-corrected chi connectivity index (χ4v) is 5.67. The number of halogens is 1. The molecule has 3 rings (SSSR count). The second-order valence-corrected chi connectivity index (χ2v) is 10.2. The Morgan fingerprint density at radius 3 is 2.53 bits per heavy atom. The van der Waals surface area contributed by atoms with E-state index in [-0.39, 0.29) is 24.0 Å². The molecule has 0 atom stereocenters. The molecule has 1 aromatic carbocycles. The Labute approximate surface area is 210 Å². The fraction of sp³-hybridized carbons (Fsp3) is 0.609. The van der Waals surface area contributed by atoms with Crippen LogP contribution in [-0.4, -0.2) is 69.9 Å². The number of nitrogens with one attached hydrogen (secondary N) is 2. The number of hydrogen-bond donors (Lipinski definition) is 2. The van der Waals surface area contributed by atoms with Gasteiger partial charge in [0.15, 0.2) is 5.96 Å². The van der Waals surface area contributed by atoms with Gasteiger partial charge in [-0.1, -0.05) is 29.8 Å². The van der Waals surface area contributed by atoms with Crippen molar-refractivity contribution < 1.29 is 8.42 Å². The molecule has 0 radical (unpaired) electrons. The van der Waals surface area contributed by atoms with Crippen molar-refractivity contribution in [1.29, 1.82) is 0 Å². The Hall–Kier alpha value is -1.17. The van der Waals surface area contributed by atoms with Crippen molar-refractivity contribution in [2.45, 2.75) is 50.5 Å². The van der Waals surface area contributed by atoms with Gasteiger partial charge in [0.1, 0.15) is 0 Å².